The molecule has 1 heteroatoms. The molecule has 1 nitrogen and oxygen atoms in total. The molecule has 0 aromatic heterocycles. The molecular formula is C10H15N. The third kappa shape index (κ3) is 4.38. The summed E-state index contributed by atoms with van der Waals surface area (Å²) in [5.74, 6) is 0. The largest absolute Gasteiger partial charge is 0.193 e. The Hall–Kier alpha value is -1.03. The minimum atomic E-state index is 0.779. The first kappa shape index (κ1) is 9.97. The predicted octanol–water partition coefficient (Wildman–Crippen LogP) is 3.20. The van der Waals surface area contributed by atoms with E-state index < -0.39 is 0 Å². The Morgan fingerprint density at radius 3 is 2.09 bits per heavy atom. The summed E-state index contributed by atoms with van der Waals surface area (Å²) in [4.78, 5) is 0. The molecule has 0 unspecified atom stereocenters. The lowest BCUT2D eigenvalue weighted by Crippen LogP contribution is -1.80. The number of allylic oxidation sites excluding steroid dienone is 4. The number of nitriles is 1. The van der Waals surface area contributed by atoms with E-state index in [4.69, 9.17) is 5.26 Å². The summed E-state index contributed by atoms with van der Waals surface area (Å²) in [6.07, 6.45) is 2.85. The molecule has 0 saturated heterocycles. The van der Waals surface area contributed by atoms with Crippen LogP contribution >= 0.6 is 0 Å². The number of hydrogen-bond donors (Lipinski definition) is 0. The zero-order valence-corrected chi connectivity index (χ0v) is 7.73. The van der Waals surface area contributed by atoms with Crippen molar-refractivity contribution < 1.29 is 0 Å². The van der Waals surface area contributed by atoms with Crippen LogP contribution in [0.25, 0.3) is 0 Å². The fourth-order valence-corrected chi connectivity index (χ4v) is 0.668. The van der Waals surface area contributed by atoms with Crippen LogP contribution in [0.5, 0.6) is 0 Å². The summed E-state index contributed by atoms with van der Waals surface area (Å²) < 4.78 is 0. The van der Waals surface area contributed by atoms with Gasteiger partial charge in [0.25, 0.3) is 0 Å². The topological polar surface area (TPSA) is 23.8 Å². The van der Waals surface area contributed by atoms with E-state index in [9.17, 15) is 0 Å². The van der Waals surface area contributed by atoms with Gasteiger partial charge >= 0.3 is 0 Å². The lowest BCUT2D eigenvalue weighted by molar-refractivity contribution is 1.17. The fraction of sp³-hybridized carbons (Fsp3) is 0.500. The second-order valence-corrected chi connectivity index (χ2v) is 3.08. The van der Waals surface area contributed by atoms with Crippen LogP contribution in [-0.2, 0) is 0 Å². The van der Waals surface area contributed by atoms with Gasteiger partial charge in [0.05, 0.1) is 6.07 Å². The minimum Gasteiger partial charge on any atom is -0.193 e. The van der Waals surface area contributed by atoms with Gasteiger partial charge in [-0.05, 0) is 27.7 Å². The molecule has 60 valence electrons. The quantitative estimate of drug-likeness (QED) is 0.437. The van der Waals surface area contributed by atoms with Crippen molar-refractivity contribution in [2.75, 3.05) is 0 Å². The van der Waals surface area contributed by atoms with E-state index in [-0.39, 0.29) is 0 Å². The highest BCUT2D eigenvalue weighted by Gasteiger charge is 1.93. The summed E-state index contributed by atoms with van der Waals surface area (Å²) in [5, 5.41) is 8.67. The standard InChI is InChI=1S/C10H15N/c1-8(2)5-6-10(7-11)9(3)4/h5H,6H2,1-4H3. The van der Waals surface area contributed by atoms with Crippen molar-refractivity contribution in [1.82, 2.24) is 0 Å². The monoisotopic (exact) mass is 149 g/mol. The van der Waals surface area contributed by atoms with Crippen LogP contribution in [0.4, 0.5) is 0 Å². The fourth-order valence-electron chi connectivity index (χ4n) is 0.668. The molecule has 0 heterocycles. The molecule has 0 rings (SSSR count). The highest BCUT2D eigenvalue weighted by Crippen LogP contribution is 2.08. The predicted molar refractivity (Wildman–Crippen MR) is 48.0 cm³/mol. The average Bonchev–Trinajstić information content (AvgIpc) is 1.87. The van der Waals surface area contributed by atoms with Gasteiger partial charge in [-0.25, -0.2) is 0 Å². The lowest BCUT2D eigenvalue weighted by atomic mass is 10.1. The number of hydrogen-bond acceptors (Lipinski definition) is 1. The van der Waals surface area contributed by atoms with E-state index in [1.807, 2.05) is 27.7 Å². The molecule has 0 atom stereocenters. The smallest absolute Gasteiger partial charge is 0.0949 e. The van der Waals surface area contributed by atoms with Gasteiger partial charge in [-0.15, -0.1) is 0 Å². The summed E-state index contributed by atoms with van der Waals surface area (Å²) in [6, 6.07) is 2.19. The van der Waals surface area contributed by atoms with Crippen LogP contribution in [0, 0.1) is 11.3 Å². The SMILES string of the molecule is CC(C)=CCC(C#N)=C(C)C. The van der Waals surface area contributed by atoms with Gasteiger partial charge in [-0.2, -0.15) is 5.26 Å². The van der Waals surface area contributed by atoms with Gasteiger partial charge in [0.15, 0.2) is 0 Å². The second kappa shape index (κ2) is 4.73. The Kier molecular flexibility index (Phi) is 4.29. The van der Waals surface area contributed by atoms with Crippen LogP contribution in [0.1, 0.15) is 34.1 Å². The van der Waals surface area contributed by atoms with Crippen molar-refractivity contribution in [1.29, 1.82) is 5.26 Å². The molecule has 0 spiro atoms. The van der Waals surface area contributed by atoms with Crippen LogP contribution in [0.15, 0.2) is 22.8 Å². The van der Waals surface area contributed by atoms with Crippen molar-refractivity contribution in [2.24, 2.45) is 0 Å². The first-order chi connectivity index (χ1) is 5.07. The van der Waals surface area contributed by atoms with E-state index in [0.29, 0.717) is 0 Å². The van der Waals surface area contributed by atoms with Gasteiger partial charge in [0, 0.05) is 12.0 Å². The molecule has 0 N–H and O–H groups in total. The Morgan fingerprint density at radius 2 is 1.82 bits per heavy atom. The minimum absolute atomic E-state index is 0.779. The van der Waals surface area contributed by atoms with Crippen molar-refractivity contribution in [3.63, 3.8) is 0 Å². The molecule has 0 aliphatic rings. The van der Waals surface area contributed by atoms with E-state index in [2.05, 4.69) is 12.1 Å². The molecule has 0 aromatic carbocycles. The van der Waals surface area contributed by atoms with Crippen LogP contribution in [0.3, 0.4) is 0 Å². The van der Waals surface area contributed by atoms with Gasteiger partial charge in [-0.3, -0.25) is 0 Å². The Labute approximate surface area is 69.0 Å². The highest BCUT2D eigenvalue weighted by atomic mass is 14.2. The van der Waals surface area contributed by atoms with E-state index in [0.717, 1.165) is 17.6 Å². The third-order valence-electron chi connectivity index (χ3n) is 1.45. The molecule has 0 saturated carbocycles. The molecule has 11 heavy (non-hydrogen) atoms. The number of rotatable bonds is 2. The van der Waals surface area contributed by atoms with Crippen molar-refractivity contribution in [3.8, 4) is 6.07 Å². The zero-order valence-electron chi connectivity index (χ0n) is 7.73. The molecule has 0 fully saturated rings. The third-order valence-corrected chi connectivity index (χ3v) is 1.45. The maximum Gasteiger partial charge on any atom is 0.0949 e. The maximum absolute atomic E-state index is 8.67. The highest BCUT2D eigenvalue weighted by molar-refractivity contribution is 5.28. The lowest BCUT2D eigenvalue weighted by Gasteiger charge is -1.95. The zero-order chi connectivity index (χ0) is 8.85. The first-order valence-electron chi connectivity index (χ1n) is 3.77. The Balaban J connectivity index is 4.28. The molecule has 0 amide bonds. The van der Waals surface area contributed by atoms with E-state index >= 15 is 0 Å². The van der Waals surface area contributed by atoms with Gasteiger partial charge < -0.3 is 0 Å². The Morgan fingerprint density at radius 1 is 1.27 bits per heavy atom. The van der Waals surface area contributed by atoms with Crippen molar-refractivity contribution >= 4 is 0 Å². The van der Waals surface area contributed by atoms with Crippen molar-refractivity contribution in [2.45, 2.75) is 34.1 Å². The summed E-state index contributed by atoms with van der Waals surface area (Å²) >= 11 is 0. The van der Waals surface area contributed by atoms with E-state index in [1.165, 1.54) is 5.57 Å². The van der Waals surface area contributed by atoms with Crippen LogP contribution in [0.2, 0.25) is 0 Å². The summed E-state index contributed by atoms with van der Waals surface area (Å²) in [7, 11) is 0. The number of nitrogens with zero attached hydrogens (tertiary/aromatic N) is 1. The second-order valence-electron chi connectivity index (χ2n) is 3.08. The Bertz CT molecular complexity index is 218. The maximum atomic E-state index is 8.67. The van der Waals surface area contributed by atoms with Gasteiger partial charge in [-0.1, -0.05) is 17.2 Å². The summed E-state index contributed by atoms with van der Waals surface area (Å²) in [6.45, 7) is 8.02. The molecule has 0 aromatic rings. The first-order valence-corrected chi connectivity index (χ1v) is 3.77. The van der Waals surface area contributed by atoms with Crippen LogP contribution in [-0.4, -0.2) is 0 Å². The summed E-state index contributed by atoms with van der Waals surface area (Å²) in [5.41, 5.74) is 3.26. The molecule has 0 bridgehead atoms. The molecule has 0 aliphatic heterocycles. The van der Waals surface area contributed by atoms with Gasteiger partial charge in [0.2, 0.25) is 0 Å². The normalized spacial score (nSPS) is 8.27. The van der Waals surface area contributed by atoms with Crippen LogP contribution < -0.4 is 0 Å². The molecule has 0 aliphatic carbocycles. The van der Waals surface area contributed by atoms with Gasteiger partial charge in [0.1, 0.15) is 0 Å². The van der Waals surface area contributed by atoms with E-state index in [1.54, 1.807) is 0 Å². The molecular weight excluding hydrogens is 134 g/mol. The van der Waals surface area contributed by atoms with Crippen molar-refractivity contribution in [3.05, 3.63) is 22.8 Å². The molecule has 0 radical (unpaired) electrons. The average molecular weight is 149 g/mol.